The highest BCUT2D eigenvalue weighted by molar-refractivity contribution is 4.68. The molecule has 0 spiro atoms. The summed E-state index contributed by atoms with van der Waals surface area (Å²) in [6, 6.07) is 0. The van der Waals surface area contributed by atoms with Crippen molar-refractivity contribution in [3.8, 4) is 0 Å². The van der Waals surface area contributed by atoms with E-state index in [2.05, 4.69) is 48.1 Å². The van der Waals surface area contributed by atoms with Gasteiger partial charge in [-0.3, -0.25) is 0 Å². The molecule has 0 aliphatic carbocycles. The number of aliphatic hydroxyl groups excluding tert-OH is 1. The van der Waals surface area contributed by atoms with E-state index in [1.807, 2.05) is 58.1 Å². The molecule has 1 N–H and O–H groups in total. The van der Waals surface area contributed by atoms with Crippen molar-refractivity contribution in [1.29, 1.82) is 0 Å². The predicted octanol–water partition coefficient (Wildman–Crippen LogP) is 10.7. The zero-order valence-electron chi connectivity index (χ0n) is 26.2. The molecular formula is C32H70O3. The molecule has 35 heavy (non-hydrogen) atoms. The Bertz CT molecular complexity index is 266. The molecule has 3 heteroatoms. The maximum absolute atomic E-state index is 8.07. The number of hydrogen-bond acceptors (Lipinski definition) is 3. The van der Waals surface area contributed by atoms with Crippen molar-refractivity contribution in [2.45, 2.75) is 140 Å². The SMILES string of the molecule is C/C=C/C.C/C=C\C.C=CCC.CCCCO.CCCCOCCCC.CCCCOCCCC. The first-order valence-electron chi connectivity index (χ1n) is 14.5. The standard InChI is InChI=1S/2C8H18O.C4H10O.3C4H8/c2*1-3-5-7-9-8-6-4-2;1-2-3-4-5;3*1-3-4-2/h2*3-8H2,1-2H3;5H,2-4H2,1H3;2*3-4H,1-2H3;3H,1,4H2,2H3/b;;;4-3+;4-3-;. The molecule has 0 aromatic carbocycles. The molecule has 0 aliphatic rings. The average Bonchev–Trinajstić information content (AvgIpc) is 2.90. The van der Waals surface area contributed by atoms with Crippen molar-refractivity contribution in [3.05, 3.63) is 37.0 Å². The van der Waals surface area contributed by atoms with Crippen LogP contribution in [0.25, 0.3) is 0 Å². The lowest BCUT2D eigenvalue weighted by Gasteiger charge is -1.99. The first kappa shape index (κ1) is 47.3. The zero-order valence-corrected chi connectivity index (χ0v) is 26.2. The van der Waals surface area contributed by atoms with Gasteiger partial charge in [-0.05, 0) is 66.2 Å². The van der Waals surface area contributed by atoms with E-state index in [9.17, 15) is 0 Å². The first-order valence-corrected chi connectivity index (χ1v) is 14.5. The number of hydrogen-bond donors (Lipinski definition) is 1. The number of ether oxygens (including phenoxy) is 2. The van der Waals surface area contributed by atoms with Gasteiger partial charge in [-0.25, -0.2) is 0 Å². The Morgan fingerprint density at radius 2 is 0.743 bits per heavy atom. The minimum atomic E-state index is 0.344. The summed E-state index contributed by atoms with van der Waals surface area (Å²) >= 11 is 0. The molecule has 0 radical (unpaired) electrons. The molecule has 0 bridgehead atoms. The van der Waals surface area contributed by atoms with Crippen LogP contribution in [0.3, 0.4) is 0 Å². The molecule has 216 valence electrons. The van der Waals surface area contributed by atoms with E-state index in [-0.39, 0.29) is 0 Å². The maximum Gasteiger partial charge on any atom is 0.0465 e. The van der Waals surface area contributed by atoms with Gasteiger partial charge in [-0.1, -0.05) is 104 Å². The van der Waals surface area contributed by atoms with Crippen LogP contribution < -0.4 is 0 Å². The molecule has 0 unspecified atom stereocenters. The van der Waals surface area contributed by atoms with Crippen LogP contribution in [0.4, 0.5) is 0 Å². The normalized spacial score (nSPS) is 9.23. The maximum atomic E-state index is 8.07. The van der Waals surface area contributed by atoms with Gasteiger partial charge in [-0.2, -0.15) is 0 Å². The molecule has 0 aromatic rings. The largest absolute Gasteiger partial charge is 0.396 e. The molecule has 0 heterocycles. The Morgan fingerprint density at radius 1 is 0.514 bits per heavy atom. The first-order chi connectivity index (χ1) is 17.0. The van der Waals surface area contributed by atoms with E-state index in [0.717, 1.165) is 45.7 Å². The minimum Gasteiger partial charge on any atom is -0.396 e. The van der Waals surface area contributed by atoms with Crippen molar-refractivity contribution >= 4 is 0 Å². The van der Waals surface area contributed by atoms with Crippen LogP contribution in [-0.2, 0) is 9.47 Å². The fourth-order valence-corrected chi connectivity index (χ4v) is 1.35. The van der Waals surface area contributed by atoms with Crippen LogP contribution in [-0.4, -0.2) is 38.1 Å². The van der Waals surface area contributed by atoms with Gasteiger partial charge in [0.15, 0.2) is 0 Å². The molecule has 0 aliphatic heterocycles. The zero-order chi connectivity index (χ0) is 28.3. The predicted molar refractivity (Wildman–Crippen MR) is 165 cm³/mol. The van der Waals surface area contributed by atoms with E-state index in [4.69, 9.17) is 14.6 Å². The number of allylic oxidation sites excluding steroid dienone is 5. The molecule has 0 atom stereocenters. The highest BCUT2D eigenvalue weighted by Gasteiger charge is 1.85. The summed E-state index contributed by atoms with van der Waals surface area (Å²) in [6.45, 7) is 28.5. The van der Waals surface area contributed by atoms with Crippen LogP contribution in [0.15, 0.2) is 37.0 Å². The van der Waals surface area contributed by atoms with Gasteiger partial charge >= 0.3 is 0 Å². The van der Waals surface area contributed by atoms with Crippen molar-refractivity contribution < 1.29 is 14.6 Å². The van der Waals surface area contributed by atoms with E-state index in [1.54, 1.807) is 0 Å². The van der Waals surface area contributed by atoms with Crippen LogP contribution in [0.2, 0.25) is 0 Å². The van der Waals surface area contributed by atoms with Crippen LogP contribution in [0.5, 0.6) is 0 Å². The van der Waals surface area contributed by atoms with Gasteiger partial charge in [0, 0.05) is 33.0 Å². The number of rotatable bonds is 15. The second kappa shape index (κ2) is 69.8. The topological polar surface area (TPSA) is 38.7 Å². The molecule has 0 amide bonds. The quantitative estimate of drug-likeness (QED) is 0.179. The average molecular weight is 503 g/mol. The van der Waals surface area contributed by atoms with Crippen molar-refractivity contribution in [1.82, 2.24) is 0 Å². The fraction of sp³-hybridized carbons (Fsp3) is 0.812. The summed E-state index contributed by atoms with van der Waals surface area (Å²) < 4.78 is 10.6. The number of aliphatic hydroxyl groups is 1. The van der Waals surface area contributed by atoms with Crippen molar-refractivity contribution in [2.24, 2.45) is 0 Å². The monoisotopic (exact) mass is 503 g/mol. The summed E-state index contributed by atoms with van der Waals surface area (Å²) in [7, 11) is 0. The van der Waals surface area contributed by atoms with Gasteiger partial charge in [0.05, 0.1) is 0 Å². The molecule has 0 fully saturated rings. The second-order valence-corrected chi connectivity index (χ2v) is 7.75. The van der Waals surface area contributed by atoms with Crippen LogP contribution in [0, 0.1) is 0 Å². The number of unbranched alkanes of at least 4 members (excludes halogenated alkanes) is 5. The fourth-order valence-electron chi connectivity index (χ4n) is 1.35. The third-order valence-corrected chi connectivity index (χ3v) is 4.04. The molecule has 0 saturated carbocycles. The Balaban J connectivity index is -0.0000000753. The lowest BCUT2D eigenvalue weighted by molar-refractivity contribution is 0.128. The Hall–Kier alpha value is -0.900. The van der Waals surface area contributed by atoms with E-state index >= 15 is 0 Å². The molecule has 0 saturated heterocycles. The van der Waals surface area contributed by atoms with Crippen molar-refractivity contribution in [3.63, 3.8) is 0 Å². The summed E-state index contributed by atoms with van der Waals surface area (Å²) in [6.07, 6.45) is 22.8. The molecular weight excluding hydrogens is 432 g/mol. The summed E-state index contributed by atoms with van der Waals surface area (Å²) in [5.41, 5.74) is 0. The highest BCUT2D eigenvalue weighted by atomic mass is 16.5. The van der Waals surface area contributed by atoms with Gasteiger partial charge in [0.25, 0.3) is 0 Å². The third-order valence-electron chi connectivity index (χ3n) is 4.04. The van der Waals surface area contributed by atoms with Crippen LogP contribution >= 0.6 is 0 Å². The Labute approximate surface area is 224 Å². The minimum absolute atomic E-state index is 0.344. The highest BCUT2D eigenvalue weighted by Crippen LogP contribution is 1.92. The smallest absolute Gasteiger partial charge is 0.0465 e. The Morgan fingerprint density at radius 3 is 0.829 bits per heavy atom. The van der Waals surface area contributed by atoms with E-state index in [0.29, 0.717) is 6.61 Å². The van der Waals surface area contributed by atoms with Gasteiger partial charge < -0.3 is 14.6 Å². The molecule has 0 rings (SSSR count). The Kier molecular flexibility index (Phi) is 94.4. The van der Waals surface area contributed by atoms with Gasteiger partial charge in [-0.15, -0.1) is 6.58 Å². The van der Waals surface area contributed by atoms with E-state index < -0.39 is 0 Å². The summed E-state index contributed by atoms with van der Waals surface area (Å²) in [5.74, 6) is 0. The van der Waals surface area contributed by atoms with Crippen molar-refractivity contribution in [2.75, 3.05) is 33.0 Å². The third kappa shape index (κ3) is 124. The van der Waals surface area contributed by atoms with Crippen LogP contribution in [0.1, 0.15) is 140 Å². The lowest BCUT2D eigenvalue weighted by atomic mass is 10.3. The van der Waals surface area contributed by atoms with E-state index in [1.165, 1.54) is 51.4 Å². The lowest BCUT2D eigenvalue weighted by Crippen LogP contribution is -1.95. The summed E-state index contributed by atoms with van der Waals surface area (Å²) in [4.78, 5) is 0. The second-order valence-electron chi connectivity index (χ2n) is 7.75. The molecule has 3 nitrogen and oxygen atoms in total. The molecule has 0 aromatic heterocycles. The summed E-state index contributed by atoms with van der Waals surface area (Å²) in [5, 5.41) is 8.07. The van der Waals surface area contributed by atoms with Gasteiger partial charge in [0.2, 0.25) is 0 Å². The van der Waals surface area contributed by atoms with Gasteiger partial charge in [0.1, 0.15) is 0 Å².